The number of carbonyl (C=O) groups excluding carboxylic acids is 1. The van der Waals surface area contributed by atoms with Gasteiger partial charge in [-0.15, -0.1) is 0 Å². The molecule has 2 N–H and O–H groups in total. The molecule has 0 aliphatic carbocycles. The van der Waals surface area contributed by atoms with E-state index in [4.69, 9.17) is 5.11 Å². The number of β-amino-alcohol motifs (C(OH)–C–C–N with tert-alkyl or cyclic N) is 1. The van der Waals surface area contributed by atoms with Crippen molar-refractivity contribution in [3.8, 4) is 0 Å². The quantitative estimate of drug-likeness (QED) is 0.792. The number of likely N-dealkylation sites (tertiary alicyclic amines) is 1. The van der Waals surface area contributed by atoms with E-state index in [0.717, 1.165) is 50.1 Å². The van der Waals surface area contributed by atoms with Crippen LogP contribution in [0.25, 0.3) is 0 Å². The third-order valence-corrected chi connectivity index (χ3v) is 4.94. The van der Waals surface area contributed by atoms with Crippen LogP contribution in [0.2, 0.25) is 0 Å². The molecular formula is C19H31N3O2. The number of hydrogen-bond acceptors (Lipinski definition) is 4. The van der Waals surface area contributed by atoms with Gasteiger partial charge < -0.3 is 15.3 Å². The summed E-state index contributed by atoms with van der Waals surface area (Å²) in [7, 11) is 3.90. The minimum absolute atomic E-state index is 0.0760. The van der Waals surface area contributed by atoms with Crippen LogP contribution in [-0.2, 0) is 4.79 Å². The highest BCUT2D eigenvalue weighted by molar-refractivity contribution is 5.83. The average Bonchev–Trinajstić information content (AvgIpc) is 2.56. The van der Waals surface area contributed by atoms with Crippen LogP contribution in [0.3, 0.4) is 0 Å². The first-order valence-corrected chi connectivity index (χ1v) is 8.85. The topological polar surface area (TPSA) is 55.8 Å². The number of hydrogen-bond donors (Lipinski definition) is 2. The second-order valence-electron chi connectivity index (χ2n) is 6.98. The maximum absolute atomic E-state index is 12.8. The molecule has 1 saturated heterocycles. The number of aliphatic hydroxyl groups excluding tert-OH is 1. The molecule has 1 atom stereocenters. The van der Waals surface area contributed by atoms with Crippen LogP contribution >= 0.6 is 0 Å². The van der Waals surface area contributed by atoms with Crippen molar-refractivity contribution in [1.82, 2.24) is 15.1 Å². The summed E-state index contributed by atoms with van der Waals surface area (Å²) in [5.74, 6) is 0.607. The van der Waals surface area contributed by atoms with Crippen molar-refractivity contribution >= 4 is 5.91 Å². The van der Waals surface area contributed by atoms with Gasteiger partial charge >= 0.3 is 0 Å². The lowest BCUT2D eigenvalue weighted by Crippen LogP contribution is -2.42. The van der Waals surface area contributed by atoms with Crippen LogP contribution in [0.4, 0.5) is 0 Å². The van der Waals surface area contributed by atoms with Crippen molar-refractivity contribution in [3.05, 3.63) is 35.4 Å². The van der Waals surface area contributed by atoms with Gasteiger partial charge in [-0.1, -0.05) is 24.3 Å². The Morgan fingerprint density at radius 3 is 2.58 bits per heavy atom. The first-order chi connectivity index (χ1) is 11.5. The molecule has 134 valence electrons. The monoisotopic (exact) mass is 333 g/mol. The van der Waals surface area contributed by atoms with Crippen molar-refractivity contribution in [2.24, 2.45) is 5.92 Å². The Morgan fingerprint density at radius 2 is 2.00 bits per heavy atom. The van der Waals surface area contributed by atoms with E-state index in [2.05, 4.69) is 23.2 Å². The Hall–Kier alpha value is -1.43. The summed E-state index contributed by atoms with van der Waals surface area (Å²) < 4.78 is 0. The lowest BCUT2D eigenvalue weighted by molar-refractivity contribution is -0.126. The first kappa shape index (κ1) is 18.9. The van der Waals surface area contributed by atoms with Gasteiger partial charge in [0, 0.05) is 13.1 Å². The second kappa shape index (κ2) is 9.16. The molecule has 1 fully saturated rings. The summed E-state index contributed by atoms with van der Waals surface area (Å²) in [6.45, 7) is 5.79. The van der Waals surface area contributed by atoms with Crippen molar-refractivity contribution in [2.45, 2.75) is 25.8 Å². The van der Waals surface area contributed by atoms with Crippen molar-refractivity contribution in [2.75, 3.05) is 46.9 Å². The van der Waals surface area contributed by atoms with Crippen molar-refractivity contribution in [3.63, 3.8) is 0 Å². The maximum atomic E-state index is 12.8. The molecule has 0 bridgehead atoms. The van der Waals surface area contributed by atoms with E-state index in [0.29, 0.717) is 5.92 Å². The molecule has 5 heteroatoms. The Kier molecular flexibility index (Phi) is 7.21. The number of aliphatic hydroxyl groups is 1. The highest BCUT2D eigenvalue weighted by atomic mass is 16.3. The van der Waals surface area contributed by atoms with E-state index < -0.39 is 0 Å². The number of amides is 1. The van der Waals surface area contributed by atoms with E-state index in [1.807, 2.05) is 37.2 Å². The fourth-order valence-corrected chi connectivity index (χ4v) is 3.44. The van der Waals surface area contributed by atoms with Crippen molar-refractivity contribution in [1.29, 1.82) is 0 Å². The lowest BCUT2D eigenvalue weighted by Gasteiger charge is -2.32. The summed E-state index contributed by atoms with van der Waals surface area (Å²) in [5.41, 5.74) is 2.21. The smallest absolute Gasteiger partial charge is 0.241 e. The summed E-state index contributed by atoms with van der Waals surface area (Å²) in [6.07, 6.45) is 2.16. The minimum atomic E-state index is -0.249. The third-order valence-electron chi connectivity index (χ3n) is 4.94. The number of nitrogens with zero attached hydrogens (tertiary/aromatic N) is 2. The van der Waals surface area contributed by atoms with Crippen LogP contribution < -0.4 is 5.32 Å². The molecular weight excluding hydrogens is 302 g/mol. The molecule has 1 amide bonds. The van der Waals surface area contributed by atoms with Gasteiger partial charge in [0.2, 0.25) is 5.91 Å². The van der Waals surface area contributed by atoms with E-state index in [1.165, 1.54) is 0 Å². The molecule has 1 aromatic rings. The average molecular weight is 333 g/mol. The van der Waals surface area contributed by atoms with Crippen LogP contribution in [-0.4, -0.2) is 67.7 Å². The molecule has 1 aliphatic rings. The highest BCUT2D eigenvalue weighted by Gasteiger charge is 2.25. The molecule has 2 rings (SSSR count). The van der Waals surface area contributed by atoms with E-state index >= 15 is 0 Å². The van der Waals surface area contributed by atoms with E-state index in [9.17, 15) is 4.79 Å². The van der Waals surface area contributed by atoms with E-state index in [1.54, 1.807) is 0 Å². The van der Waals surface area contributed by atoms with Crippen LogP contribution in [0.5, 0.6) is 0 Å². The molecule has 1 aliphatic heterocycles. The number of rotatable bonds is 7. The molecule has 0 aromatic heterocycles. The summed E-state index contributed by atoms with van der Waals surface area (Å²) in [6, 6.07) is 7.83. The van der Waals surface area contributed by atoms with Crippen LogP contribution in [0, 0.1) is 12.8 Å². The van der Waals surface area contributed by atoms with Gasteiger partial charge in [-0.2, -0.15) is 0 Å². The molecule has 1 aromatic carbocycles. The number of nitrogens with one attached hydrogen (secondary N) is 1. The van der Waals surface area contributed by atoms with Gasteiger partial charge in [0.25, 0.3) is 0 Å². The molecule has 0 unspecified atom stereocenters. The molecule has 1 heterocycles. The zero-order valence-corrected chi connectivity index (χ0v) is 15.2. The zero-order valence-electron chi connectivity index (χ0n) is 15.2. The largest absolute Gasteiger partial charge is 0.395 e. The number of aryl methyl sites for hydroxylation is 1. The third kappa shape index (κ3) is 5.03. The SMILES string of the molecule is Cc1ccccc1[C@H](C(=O)NCC1CCN(CCO)CC1)N(C)C. The number of benzene rings is 1. The fourth-order valence-electron chi connectivity index (χ4n) is 3.44. The first-order valence-electron chi connectivity index (χ1n) is 8.85. The maximum Gasteiger partial charge on any atom is 0.241 e. The normalized spacial score (nSPS) is 17.9. The van der Waals surface area contributed by atoms with Gasteiger partial charge in [-0.3, -0.25) is 9.69 Å². The van der Waals surface area contributed by atoms with Crippen LogP contribution in [0.1, 0.15) is 30.0 Å². The molecule has 0 saturated carbocycles. The van der Waals surface area contributed by atoms with Gasteiger partial charge in [0.05, 0.1) is 6.61 Å². The predicted molar refractivity (Wildman–Crippen MR) is 96.9 cm³/mol. The summed E-state index contributed by atoms with van der Waals surface area (Å²) in [5, 5.41) is 12.2. The Bertz CT molecular complexity index is 525. The van der Waals surface area contributed by atoms with Crippen LogP contribution in [0.15, 0.2) is 24.3 Å². The molecule has 0 spiro atoms. The number of piperidine rings is 1. The standard InChI is InChI=1S/C19H31N3O2/c1-15-6-4-5-7-17(15)18(21(2)3)19(24)20-14-16-8-10-22(11-9-16)12-13-23/h4-7,16,18,23H,8-14H2,1-3H3,(H,20,24)/t18-/m1/s1. The van der Waals surface area contributed by atoms with Gasteiger partial charge in [-0.05, 0) is 64.0 Å². The van der Waals surface area contributed by atoms with Gasteiger partial charge in [0.15, 0.2) is 0 Å². The molecule has 24 heavy (non-hydrogen) atoms. The number of carbonyl (C=O) groups is 1. The summed E-state index contributed by atoms with van der Waals surface area (Å²) in [4.78, 5) is 17.0. The zero-order chi connectivity index (χ0) is 17.5. The fraction of sp³-hybridized carbons (Fsp3) is 0.632. The summed E-state index contributed by atoms with van der Waals surface area (Å²) >= 11 is 0. The Labute approximate surface area is 145 Å². The lowest BCUT2D eigenvalue weighted by atomic mass is 9.96. The Balaban J connectivity index is 1.89. The molecule has 0 radical (unpaired) electrons. The van der Waals surface area contributed by atoms with Gasteiger partial charge in [0.1, 0.15) is 6.04 Å². The predicted octanol–water partition coefficient (Wildman–Crippen LogP) is 1.42. The number of likely N-dealkylation sites (N-methyl/N-ethyl adjacent to an activating group) is 1. The second-order valence-corrected chi connectivity index (χ2v) is 6.98. The van der Waals surface area contributed by atoms with Crippen molar-refractivity contribution < 1.29 is 9.90 Å². The molecule has 5 nitrogen and oxygen atoms in total. The van der Waals surface area contributed by atoms with E-state index in [-0.39, 0.29) is 18.6 Å². The Morgan fingerprint density at radius 1 is 1.33 bits per heavy atom. The minimum Gasteiger partial charge on any atom is -0.395 e. The highest BCUT2D eigenvalue weighted by Crippen LogP contribution is 2.22. The van der Waals surface area contributed by atoms with Gasteiger partial charge in [-0.25, -0.2) is 0 Å².